The number of halogens is 3. The van der Waals surface area contributed by atoms with Gasteiger partial charge in [0.2, 0.25) is 5.91 Å². The van der Waals surface area contributed by atoms with Gasteiger partial charge in [0.05, 0.1) is 17.7 Å². The van der Waals surface area contributed by atoms with Crippen LogP contribution in [-0.4, -0.2) is 34.5 Å². The molecule has 6 nitrogen and oxygen atoms in total. The lowest BCUT2D eigenvalue weighted by atomic mass is 9.91. The first-order valence-electron chi connectivity index (χ1n) is 9.46. The van der Waals surface area contributed by atoms with Crippen molar-refractivity contribution >= 4 is 17.5 Å². The molecular weight excluding hydrogens is 387 g/mol. The van der Waals surface area contributed by atoms with Crippen LogP contribution in [0.2, 0.25) is 0 Å². The Labute approximate surface area is 165 Å². The lowest BCUT2D eigenvalue weighted by Crippen LogP contribution is -2.55. The number of anilines is 1. The minimum absolute atomic E-state index is 0.0732. The Morgan fingerprint density at radius 3 is 2.69 bits per heavy atom. The molecule has 2 aromatic rings. The first kappa shape index (κ1) is 19.5. The number of hydrogen-bond acceptors (Lipinski definition) is 4. The minimum Gasteiger partial charge on any atom is -0.361 e. The standard InChI is InChI=1S/C20H20F3N3O3/c1-11-5-16(29-25-11)9-18(27)24-15-7-13(6-14(8-15)20(21,22)23)19(28)26-10-12-3-2-4-17(12)26/h5-8,12,17H,2-4,9-10H2,1H3,(H,24,27)/t12-,17-/m0/s1. The number of carbonyl (C=O) groups excluding carboxylic acids is 2. The summed E-state index contributed by atoms with van der Waals surface area (Å²) in [5.41, 5.74) is -0.527. The highest BCUT2D eigenvalue weighted by Crippen LogP contribution is 2.40. The van der Waals surface area contributed by atoms with E-state index in [1.54, 1.807) is 17.9 Å². The van der Waals surface area contributed by atoms with Crippen LogP contribution in [0.4, 0.5) is 18.9 Å². The van der Waals surface area contributed by atoms with Gasteiger partial charge in [-0.05, 0) is 43.9 Å². The maximum Gasteiger partial charge on any atom is 0.416 e. The number of benzene rings is 1. The van der Waals surface area contributed by atoms with Gasteiger partial charge in [-0.1, -0.05) is 11.6 Å². The summed E-state index contributed by atoms with van der Waals surface area (Å²) < 4.78 is 45.0. The topological polar surface area (TPSA) is 75.4 Å². The fraction of sp³-hybridized carbons (Fsp3) is 0.450. The minimum atomic E-state index is -4.64. The van der Waals surface area contributed by atoms with Crippen LogP contribution in [0.15, 0.2) is 28.8 Å². The van der Waals surface area contributed by atoms with Gasteiger partial charge in [0.25, 0.3) is 5.91 Å². The zero-order valence-corrected chi connectivity index (χ0v) is 15.8. The van der Waals surface area contributed by atoms with Crippen molar-refractivity contribution in [2.24, 2.45) is 5.92 Å². The molecule has 1 saturated heterocycles. The predicted octanol–water partition coefficient (Wildman–Crippen LogP) is 3.81. The van der Waals surface area contributed by atoms with Gasteiger partial charge in [-0.25, -0.2) is 0 Å². The van der Waals surface area contributed by atoms with Crippen LogP contribution in [0.1, 0.15) is 46.6 Å². The number of amides is 2. The lowest BCUT2D eigenvalue weighted by Gasteiger charge is -2.44. The molecule has 154 valence electrons. The molecule has 1 aliphatic heterocycles. The van der Waals surface area contributed by atoms with Gasteiger partial charge in [-0.2, -0.15) is 13.2 Å². The third-order valence-corrected chi connectivity index (χ3v) is 5.51. The maximum atomic E-state index is 13.3. The second kappa shape index (κ2) is 7.20. The molecule has 4 rings (SSSR count). The van der Waals surface area contributed by atoms with E-state index in [4.69, 9.17) is 4.52 Å². The Hall–Kier alpha value is -2.84. The second-order valence-electron chi connectivity index (χ2n) is 7.67. The highest BCUT2D eigenvalue weighted by Gasteiger charge is 2.45. The molecule has 0 unspecified atom stereocenters. The largest absolute Gasteiger partial charge is 0.416 e. The van der Waals surface area contributed by atoms with E-state index in [2.05, 4.69) is 10.5 Å². The van der Waals surface area contributed by atoms with Gasteiger partial charge < -0.3 is 14.7 Å². The third-order valence-electron chi connectivity index (χ3n) is 5.51. The van der Waals surface area contributed by atoms with Gasteiger partial charge in [0, 0.05) is 29.9 Å². The molecule has 9 heteroatoms. The number of likely N-dealkylation sites (tertiary alicyclic amines) is 1. The molecule has 29 heavy (non-hydrogen) atoms. The number of aryl methyl sites for hydroxylation is 1. The molecule has 1 aromatic heterocycles. The summed E-state index contributed by atoms with van der Waals surface area (Å²) in [6, 6.07) is 4.66. The fourth-order valence-corrected chi connectivity index (χ4v) is 4.14. The molecule has 1 aliphatic carbocycles. The summed E-state index contributed by atoms with van der Waals surface area (Å²) in [4.78, 5) is 26.6. The molecule has 0 radical (unpaired) electrons. The number of alkyl halides is 3. The van der Waals surface area contributed by atoms with E-state index < -0.39 is 23.6 Å². The van der Waals surface area contributed by atoms with E-state index >= 15 is 0 Å². The van der Waals surface area contributed by atoms with Gasteiger partial charge in [-0.15, -0.1) is 0 Å². The highest BCUT2D eigenvalue weighted by atomic mass is 19.4. The Bertz CT molecular complexity index is 954. The van der Waals surface area contributed by atoms with Gasteiger partial charge in [0.15, 0.2) is 0 Å². The summed E-state index contributed by atoms with van der Waals surface area (Å²) in [7, 11) is 0. The van der Waals surface area contributed by atoms with Crippen molar-refractivity contribution in [1.29, 1.82) is 0 Å². The zero-order chi connectivity index (χ0) is 20.8. The number of fused-ring (bicyclic) bond motifs is 1. The van der Waals surface area contributed by atoms with E-state index in [-0.39, 0.29) is 23.7 Å². The van der Waals surface area contributed by atoms with E-state index in [9.17, 15) is 22.8 Å². The van der Waals surface area contributed by atoms with E-state index in [0.29, 0.717) is 23.9 Å². The summed E-state index contributed by atoms with van der Waals surface area (Å²) >= 11 is 0. The highest BCUT2D eigenvalue weighted by molar-refractivity contribution is 5.98. The number of aromatic nitrogens is 1. The average Bonchev–Trinajstić information content (AvgIpc) is 3.19. The SMILES string of the molecule is Cc1cc(CC(=O)Nc2cc(C(=O)N3C[C@@H]4CCC[C@@H]43)cc(C(F)(F)F)c2)on1. The van der Waals surface area contributed by atoms with E-state index in [1.807, 2.05) is 0 Å². The fourth-order valence-electron chi connectivity index (χ4n) is 4.14. The van der Waals surface area contributed by atoms with Crippen LogP contribution in [0, 0.1) is 12.8 Å². The first-order chi connectivity index (χ1) is 13.7. The normalized spacial score (nSPS) is 20.9. The van der Waals surface area contributed by atoms with Crippen LogP contribution in [0.25, 0.3) is 0 Å². The van der Waals surface area contributed by atoms with Crippen molar-refractivity contribution < 1.29 is 27.3 Å². The number of nitrogens with one attached hydrogen (secondary N) is 1. The van der Waals surface area contributed by atoms with Gasteiger partial charge >= 0.3 is 6.18 Å². The van der Waals surface area contributed by atoms with Crippen molar-refractivity contribution in [1.82, 2.24) is 10.1 Å². The van der Waals surface area contributed by atoms with Gasteiger partial charge in [-0.3, -0.25) is 9.59 Å². The van der Waals surface area contributed by atoms with Crippen molar-refractivity contribution in [2.45, 2.75) is 44.8 Å². The quantitative estimate of drug-likeness (QED) is 0.836. The first-order valence-corrected chi connectivity index (χ1v) is 9.46. The Morgan fingerprint density at radius 2 is 2.03 bits per heavy atom. The molecule has 2 fully saturated rings. The molecule has 2 amide bonds. The molecule has 1 aromatic carbocycles. The van der Waals surface area contributed by atoms with E-state index in [0.717, 1.165) is 31.4 Å². The Balaban J connectivity index is 1.55. The Morgan fingerprint density at radius 1 is 1.24 bits per heavy atom. The molecule has 1 N–H and O–H groups in total. The third kappa shape index (κ3) is 3.99. The van der Waals surface area contributed by atoms with Crippen LogP contribution in [0.3, 0.4) is 0 Å². The number of nitrogens with zero attached hydrogens (tertiary/aromatic N) is 2. The second-order valence-corrected chi connectivity index (χ2v) is 7.67. The molecular formula is C20H20F3N3O3. The summed E-state index contributed by atoms with van der Waals surface area (Å²) in [6.07, 6.45) is -1.84. The lowest BCUT2D eigenvalue weighted by molar-refractivity contribution is -0.137. The van der Waals surface area contributed by atoms with Crippen molar-refractivity contribution in [3.8, 4) is 0 Å². The number of carbonyl (C=O) groups is 2. The summed E-state index contributed by atoms with van der Waals surface area (Å²) in [5, 5.41) is 6.10. The molecule has 2 atom stereocenters. The smallest absolute Gasteiger partial charge is 0.361 e. The summed E-state index contributed by atoms with van der Waals surface area (Å²) in [5.74, 6) is -0.232. The van der Waals surface area contributed by atoms with Crippen LogP contribution >= 0.6 is 0 Å². The van der Waals surface area contributed by atoms with Crippen LogP contribution < -0.4 is 5.32 Å². The molecule has 0 bridgehead atoms. The van der Waals surface area contributed by atoms with Gasteiger partial charge in [0.1, 0.15) is 5.76 Å². The van der Waals surface area contributed by atoms with Crippen LogP contribution in [-0.2, 0) is 17.4 Å². The van der Waals surface area contributed by atoms with Crippen LogP contribution in [0.5, 0.6) is 0 Å². The van der Waals surface area contributed by atoms with Crippen molar-refractivity contribution in [3.05, 3.63) is 46.8 Å². The predicted molar refractivity (Wildman–Crippen MR) is 97.2 cm³/mol. The zero-order valence-electron chi connectivity index (χ0n) is 15.8. The molecule has 1 saturated carbocycles. The molecule has 2 aliphatic rings. The van der Waals surface area contributed by atoms with E-state index in [1.165, 1.54) is 6.07 Å². The van der Waals surface area contributed by atoms with Crippen molar-refractivity contribution in [2.75, 3.05) is 11.9 Å². The molecule has 0 spiro atoms. The van der Waals surface area contributed by atoms with Crippen molar-refractivity contribution in [3.63, 3.8) is 0 Å². The monoisotopic (exact) mass is 407 g/mol. The number of hydrogen-bond donors (Lipinski definition) is 1. The molecule has 2 heterocycles. The summed E-state index contributed by atoms with van der Waals surface area (Å²) in [6.45, 7) is 2.27. The number of rotatable bonds is 4. The average molecular weight is 407 g/mol. The Kier molecular flexibility index (Phi) is 4.84. The maximum absolute atomic E-state index is 13.3.